The summed E-state index contributed by atoms with van der Waals surface area (Å²) in [5.74, 6) is -0.397. The van der Waals surface area contributed by atoms with Gasteiger partial charge in [-0.2, -0.15) is 4.31 Å². The Morgan fingerprint density at radius 2 is 1.77 bits per heavy atom. The Hall–Kier alpha value is -2.27. The number of sulfonamides is 2. The average Bonchev–Trinajstić information content (AvgIpc) is 2.72. The van der Waals surface area contributed by atoms with Crippen LogP contribution in [0.5, 0.6) is 0 Å². The van der Waals surface area contributed by atoms with E-state index in [1.807, 2.05) is 6.92 Å². The highest BCUT2D eigenvalue weighted by Crippen LogP contribution is 2.25. The molecule has 2 aromatic carbocycles. The monoisotopic (exact) mass is 451 g/mol. The summed E-state index contributed by atoms with van der Waals surface area (Å²) in [7, 11) is -7.42. The number of nitrogens with zero attached hydrogens (tertiary/aromatic N) is 1. The highest BCUT2D eigenvalue weighted by Gasteiger charge is 2.30. The summed E-state index contributed by atoms with van der Waals surface area (Å²) >= 11 is 0. The van der Waals surface area contributed by atoms with Crippen LogP contribution in [0, 0.1) is 0 Å². The molecule has 0 aromatic heterocycles. The van der Waals surface area contributed by atoms with E-state index in [1.54, 1.807) is 12.1 Å². The first kappa shape index (κ1) is 22.4. The molecule has 1 saturated heterocycles. The van der Waals surface area contributed by atoms with E-state index in [2.05, 4.69) is 5.32 Å². The smallest absolute Gasteiger partial charge is 0.251 e. The molecule has 0 bridgehead atoms. The molecule has 0 radical (unpaired) electrons. The van der Waals surface area contributed by atoms with Crippen LogP contribution in [-0.2, 0) is 26.6 Å². The van der Waals surface area contributed by atoms with Crippen LogP contribution in [-0.4, -0.2) is 39.6 Å². The Balaban J connectivity index is 1.68. The van der Waals surface area contributed by atoms with Gasteiger partial charge in [0.1, 0.15) is 0 Å². The molecule has 10 heteroatoms. The Bertz CT molecular complexity index is 1130. The van der Waals surface area contributed by atoms with Crippen molar-refractivity contribution in [1.82, 2.24) is 9.62 Å². The van der Waals surface area contributed by atoms with Gasteiger partial charge in [-0.1, -0.05) is 18.6 Å². The predicted molar refractivity (Wildman–Crippen MR) is 113 cm³/mol. The molecule has 8 nitrogen and oxygen atoms in total. The fraction of sp³-hybridized carbons (Fsp3) is 0.350. The van der Waals surface area contributed by atoms with Crippen molar-refractivity contribution in [3.8, 4) is 0 Å². The molecule has 30 heavy (non-hydrogen) atoms. The highest BCUT2D eigenvalue weighted by atomic mass is 32.2. The third-order valence-corrected chi connectivity index (χ3v) is 8.08. The number of amides is 1. The molecule has 1 aliphatic rings. The first-order valence-corrected chi connectivity index (χ1v) is 12.6. The van der Waals surface area contributed by atoms with Crippen molar-refractivity contribution >= 4 is 26.0 Å². The minimum absolute atomic E-state index is 0.0317. The van der Waals surface area contributed by atoms with Crippen LogP contribution in [0.4, 0.5) is 0 Å². The topological polar surface area (TPSA) is 127 Å². The minimum atomic E-state index is -3.82. The van der Waals surface area contributed by atoms with Crippen LogP contribution < -0.4 is 10.5 Å². The number of primary sulfonamides is 1. The Morgan fingerprint density at radius 3 is 2.40 bits per heavy atom. The number of nitrogens with one attached hydrogen (secondary N) is 1. The van der Waals surface area contributed by atoms with Gasteiger partial charge < -0.3 is 5.32 Å². The molecule has 1 aliphatic heterocycles. The van der Waals surface area contributed by atoms with E-state index in [9.17, 15) is 21.6 Å². The molecule has 1 heterocycles. The molecule has 1 fully saturated rings. The molecule has 0 aliphatic carbocycles. The quantitative estimate of drug-likeness (QED) is 0.693. The third kappa shape index (κ3) is 5.07. The van der Waals surface area contributed by atoms with Gasteiger partial charge in [0.2, 0.25) is 20.0 Å². The number of carbonyl (C=O) groups is 1. The largest absolute Gasteiger partial charge is 0.348 e. The van der Waals surface area contributed by atoms with Crippen LogP contribution in [0.1, 0.15) is 42.1 Å². The van der Waals surface area contributed by atoms with Gasteiger partial charge in [-0.25, -0.2) is 22.0 Å². The van der Waals surface area contributed by atoms with Crippen LogP contribution in [0.15, 0.2) is 58.3 Å². The van der Waals surface area contributed by atoms with Gasteiger partial charge in [0, 0.05) is 24.7 Å². The molecule has 0 spiro atoms. The van der Waals surface area contributed by atoms with E-state index in [-0.39, 0.29) is 22.4 Å². The molecule has 3 rings (SSSR count). The zero-order valence-corrected chi connectivity index (χ0v) is 18.2. The number of hydrogen-bond donors (Lipinski definition) is 2. The van der Waals surface area contributed by atoms with E-state index < -0.39 is 26.0 Å². The van der Waals surface area contributed by atoms with Gasteiger partial charge in [-0.3, -0.25) is 4.79 Å². The maximum Gasteiger partial charge on any atom is 0.251 e. The van der Waals surface area contributed by atoms with Crippen molar-refractivity contribution in [2.75, 3.05) is 6.54 Å². The number of nitrogens with two attached hydrogens (primary N) is 1. The van der Waals surface area contributed by atoms with Crippen LogP contribution in [0.3, 0.4) is 0 Å². The first-order chi connectivity index (χ1) is 14.1. The highest BCUT2D eigenvalue weighted by molar-refractivity contribution is 7.89. The van der Waals surface area contributed by atoms with E-state index in [4.69, 9.17) is 5.14 Å². The molecule has 1 unspecified atom stereocenters. The molecule has 0 saturated carbocycles. The van der Waals surface area contributed by atoms with E-state index in [1.165, 1.54) is 40.7 Å². The van der Waals surface area contributed by atoms with E-state index >= 15 is 0 Å². The van der Waals surface area contributed by atoms with Crippen molar-refractivity contribution in [1.29, 1.82) is 0 Å². The molecular weight excluding hydrogens is 426 g/mol. The Kier molecular flexibility index (Phi) is 6.61. The Morgan fingerprint density at radius 1 is 1.07 bits per heavy atom. The van der Waals surface area contributed by atoms with Crippen LogP contribution >= 0.6 is 0 Å². The molecule has 1 atom stereocenters. The number of carbonyl (C=O) groups excluding carboxylic acids is 1. The second kappa shape index (κ2) is 8.84. The summed E-state index contributed by atoms with van der Waals surface area (Å²) < 4.78 is 50.1. The number of benzene rings is 2. The van der Waals surface area contributed by atoms with Gasteiger partial charge in [0.05, 0.1) is 9.79 Å². The maximum absolute atomic E-state index is 12.9. The summed E-state index contributed by atoms with van der Waals surface area (Å²) in [6.45, 7) is 2.51. The summed E-state index contributed by atoms with van der Waals surface area (Å²) in [4.78, 5) is 12.5. The number of rotatable bonds is 6. The van der Waals surface area contributed by atoms with Crippen molar-refractivity contribution in [3.63, 3.8) is 0 Å². The van der Waals surface area contributed by atoms with E-state index in [0.717, 1.165) is 19.3 Å². The molecule has 1 amide bonds. The van der Waals surface area contributed by atoms with E-state index in [0.29, 0.717) is 17.7 Å². The van der Waals surface area contributed by atoms with Crippen molar-refractivity contribution in [3.05, 3.63) is 59.7 Å². The minimum Gasteiger partial charge on any atom is -0.348 e. The zero-order valence-electron chi connectivity index (χ0n) is 16.6. The fourth-order valence-corrected chi connectivity index (χ4v) is 5.74. The van der Waals surface area contributed by atoms with Crippen molar-refractivity contribution in [2.45, 2.75) is 48.6 Å². The second-order valence-electron chi connectivity index (χ2n) is 7.36. The van der Waals surface area contributed by atoms with Gasteiger partial charge in [0.25, 0.3) is 5.91 Å². The molecular formula is C20H25N3O5S2. The molecule has 3 N–H and O–H groups in total. The van der Waals surface area contributed by atoms with Gasteiger partial charge in [-0.05, 0) is 61.7 Å². The van der Waals surface area contributed by atoms with Gasteiger partial charge in [0.15, 0.2) is 0 Å². The average molecular weight is 452 g/mol. The van der Waals surface area contributed by atoms with Crippen molar-refractivity contribution < 1.29 is 21.6 Å². The van der Waals surface area contributed by atoms with Crippen LogP contribution in [0.2, 0.25) is 0 Å². The summed E-state index contributed by atoms with van der Waals surface area (Å²) in [6, 6.07) is 11.8. The number of hydrogen-bond acceptors (Lipinski definition) is 5. The van der Waals surface area contributed by atoms with Gasteiger partial charge in [-0.15, -0.1) is 0 Å². The van der Waals surface area contributed by atoms with Crippen LogP contribution in [0.25, 0.3) is 0 Å². The summed E-state index contributed by atoms with van der Waals surface area (Å²) in [5, 5.41) is 7.80. The standard InChI is InChI=1S/C20H25N3O5S2/c1-15-5-2-3-12-23(15)30(27,28)18-10-8-17(9-11-18)20(24)22-14-16-6-4-7-19(13-16)29(21,25)26/h4,6-11,13,15H,2-3,5,12,14H2,1H3,(H,22,24)(H2,21,25,26). The maximum atomic E-state index is 12.9. The normalized spacial score (nSPS) is 18.1. The lowest BCUT2D eigenvalue weighted by molar-refractivity contribution is 0.0950. The summed E-state index contributed by atoms with van der Waals surface area (Å²) in [5.41, 5.74) is 0.886. The lowest BCUT2D eigenvalue weighted by Gasteiger charge is -2.32. The first-order valence-electron chi connectivity index (χ1n) is 9.61. The Labute approximate surface area is 177 Å². The predicted octanol–water partition coefficient (Wildman–Crippen LogP) is 1.83. The molecule has 162 valence electrons. The third-order valence-electron chi connectivity index (χ3n) is 5.15. The SMILES string of the molecule is CC1CCCCN1S(=O)(=O)c1ccc(C(=O)NCc2cccc(S(N)(=O)=O)c2)cc1. The second-order valence-corrected chi connectivity index (χ2v) is 10.8. The fourth-order valence-electron chi connectivity index (χ4n) is 3.46. The zero-order chi connectivity index (χ0) is 21.9. The lowest BCUT2D eigenvalue weighted by atomic mass is 10.1. The number of piperidine rings is 1. The van der Waals surface area contributed by atoms with Gasteiger partial charge >= 0.3 is 0 Å². The summed E-state index contributed by atoms with van der Waals surface area (Å²) in [6.07, 6.45) is 2.70. The lowest BCUT2D eigenvalue weighted by Crippen LogP contribution is -2.41. The molecule has 2 aromatic rings. The van der Waals surface area contributed by atoms with Crippen molar-refractivity contribution in [2.24, 2.45) is 5.14 Å².